The molecule has 1 aliphatic carbocycles. The molecule has 0 saturated heterocycles. The Hall–Kier alpha value is 0.759. The van der Waals surface area contributed by atoms with Gasteiger partial charge in [-0.25, -0.2) is 0 Å². The average Bonchev–Trinajstić information content (AvgIpc) is 1.77. The van der Waals surface area contributed by atoms with Gasteiger partial charge in [-0.3, -0.25) is 0 Å². The maximum atomic E-state index is 5.81. The van der Waals surface area contributed by atoms with E-state index in [0.29, 0.717) is 6.04 Å². The van der Waals surface area contributed by atoms with Gasteiger partial charge in [0.25, 0.3) is 0 Å². The number of hydrogen-bond donors (Lipinski definition) is 1. The summed E-state index contributed by atoms with van der Waals surface area (Å²) in [7, 11) is 0. The van der Waals surface area contributed by atoms with Crippen LogP contribution in [0.5, 0.6) is 0 Å². The van der Waals surface area contributed by atoms with E-state index in [9.17, 15) is 0 Å². The van der Waals surface area contributed by atoms with Crippen LogP contribution in [0.15, 0.2) is 0 Å². The third kappa shape index (κ3) is 1.62. The second-order valence-corrected chi connectivity index (χ2v) is 5.06. The summed E-state index contributed by atoms with van der Waals surface area (Å²) in [6.07, 6.45) is 5.49. The Kier molecular flexibility index (Phi) is 2.63. The molecule has 2 heteroatoms. The Labute approximate surface area is 64.1 Å². The molecular weight excluding hydrogens is 205 g/mol. The van der Waals surface area contributed by atoms with Crippen molar-refractivity contribution >= 4 is 22.5 Å². The Morgan fingerprint density at radius 1 is 1.25 bits per heavy atom. The van der Waals surface area contributed by atoms with Crippen molar-refractivity contribution in [3.63, 3.8) is 0 Å². The Balaban J connectivity index is 2.28. The zero-order valence-electron chi connectivity index (χ0n) is 5.14. The minimum absolute atomic E-state index is 0.561. The Morgan fingerprint density at radius 2 is 1.88 bits per heavy atom. The van der Waals surface area contributed by atoms with Crippen LogP contribution in [-0.4, -0.2) is 28.6 Å². The van der Waals surface area contributed by atoms with Crippen LogP contribution in [0.3, 0.4) is 0 Å². The molecule has 1 aliphatic rings. The molecule has 0 amide bonds. The summed E-state index contributed by atoms with van der Waals surface area (Å²) in [5, 5.41) is 0. The van der Waals surface area contributed by atoms with Crippen LogP contribution in [0.1, 0.15) is 25.7 Å². The summed E-state index contributed by atoms with van der Waals surface area (Å²) in [5.74, 6) is 0. The van der Waals surface area contributed by atoms with E-state index < -0.39 is 0 Å². The van der Waals surface area contributed by atoms with Gasteiger partial charge in [0.05, 0.1) is 0 Å². The third-order valence-electron chi connectivity index (χ3n) is 1.87. The van der Waals surface area contributed by atoms with Gasteiger partial charge >= 0.3 is 63.9 Å². The molecule has 2 atom stereocenters. The van der Waals surface area contributed by atoms with Crippen molar-refractivity contribution in [3.05, 3.63) is 0 Å². The molecule has 1 nitrogen and oxygen atoms in total. The first kappa shape index (κ1) is 6.87. The van der Waals surface area contributed by atoms with Crippen molar-refractivity contribution in [2.24, 2.45) is 5.73 Å². The molecule has 2 radical (unpaired) electrons. The van der Waals surface area contributed by atoms with Crippen LogP contribution in [0.25, 0.3) is 0 Å². The molecule has 0 spiro atoms. The van der Waals surface area contributed by atoms with Gasteiger partial charge in [0.15, 0.2) is 0 Å². The summed E-state index contributed by atoms with van der Waals surface area (Å²) >= 11 is 1.37. The van der Waals surface area contributed by atoms with Crippen molar-refractivity contribution in [1.82, 2.24) is 0 Å². The first-order valence-corrected chi connectivity index (χ1v) is 5.22. The molecule has 0 heterocycles. The van der Waals surface area contributed by atoms with Crippen LogP contribution < -0.4 is 5.73 Å². The Bertz CT molecular complexity index is 64.9. The van der Waals surface area contributed by atoms with E-state index in [-0.39, 0.29) is 0 Å². The molecule has 1 fully saturated rings. The standard InChI is InChI=1S/C6H12N.Sn.H/c7-6-4-2-1-3-5-6;;/h4,6H,1-3,5,7H2;;. The van der Waals surface area contributed by atoms with Crippen LogP contribution in [0, 0.1) is 0 Å². The molecule has 2 N–H and O–H groups in total. The van der Waals surface area contributed by atoms with Gasteiger partial charge in [-0.15, -0.1) is 0 Å². The molecular formula is C6H13NSn. The summed E-state index contributed by atoms with van der Waals surface area (Å²) in [6.45, 7) is 0. The monoisotopic (exact) mass is 219 g/mol. The normalized spacial score (nSPS) is 39.8. The van der Waals surface area contributed by atoms with Gasteiger partial charge in [0.2, 0.25) is 0 Å². The van der Waals surface area contributed by atoms with E-state index in [4.69, 9.17) is 5.73 Å². The second kappa shape index (κ2) is 3.06. The summed E-state index contributed by atoms with van der Waals surface area (Å²) < 4.78 is 0.911. The fraction of sp³-hybridized carbons (Fsp3) is 1.00. The molecule has 0 aromatic heterocycles. The fourth-order valence-electron chi connectivity index (χ4n) is 1.19. The predicted molar refractivity (Wildman–Crippen MR) is 37.3 cm³/mol. The molecule has 8 heavy (non-hydrogen) atoms. The predicted octanol–water partition coefficient (Wildman–Crippen LogP) is 0.577. The van der Waals surface area contributed by atoms with Gasteiger partial charge in [-0.1, -0.05) is 0 Å². The molecule has 1 saturated carbocycles. The fourth-order valence-corrected chi connectivity index (χ4v) is 2.41. The minimum atomic E-state index is 0.561. The number of rotatable bonds is 0. The Morgan fingerprint density at radius 3 is 2.25 bits per heavy atom. The van der Waals surface area contributed by atoms with E-state index >= 15 is 0 Å². The van der Waals surface area contributed by atoms with Gasteiger partial charge in [0.1, 0.15) is 0 Å². The summed E-state index contributed by atoms with van der Waals surface area (Å²) in [4.78, 5) is 0. The molecule has 1 rings (SSSR count). The van der Waals surface area contributed by atoms with Crippen molar-refractivity contribution in [2.45, 2.75) is 35.7 Å². The molecule has 0 aromatic rings. The van der Waals surface area contributed by atoms with Gasteiger partial charge in [-0.05, 0) is 0 Å². The molecule has 2 unspecified atom stereocenters. The van der Waals surface area contributed by atoms with E-state index in [0.717, 1.165) is 3.93 Å². The topological polar surface area (TPSA) is 26.0 Å². The summed E-state index contributed by atoms with van der Waals surface area (Å²) in [6, 6.07) is 0.561. The van der Waals surface area contributed by atoms with Gasteiger partial charge in [0, 0.05) is 0 Å². The van der Waals surface area contributed by atoms with Crippen molar-refractivity contribution < 1.29 is 0 Å². The first-order valence-electron chi connectivity index (χ1n) is 3.32. The van der Waals surface area contributed by atoms with Crippen LogP contribution in [-0.2, 0) is 0 Å². The van der Waals surface area contributed by atoms with Crippen LogP contribution in [0.2, 0.25) is 3.93 Å². The van der Waals surface area contributed by atoms with Crippen molar-refractivity contribution in [2.75, 3.05) is 0 Å². The van der Waals surface area contributed by atoms with Crippen LogP contribution in [0.4, 0.5) is 0 Å². The van der Waals surface area contributed by atoms with E-state index in [1.54, 1.807) is 0 Å². The SMILES string of the molecule is NC1CCCC[CH]1[SnH]. The average molecular weight is 218 g/mol. The second-order valence-electron chi connectivity index (χ2n) is 2.61. The van der Waals surface area contributed by atoms with Crippen molar-refractivity contribution in [1.29, 1.82) is 0 Å². The zero-order chi connectivity index (χ0) is 5.98. The van der Waals surface area contributed by atoms with Gasteiger partial charge < -0.3 is 0 Å². The van der Waals surface area contributed by atoms with Crippen LogP contribution >= 0.6 is 0 Å². The van der Waals surface area contributed by atoms with Gasteiger partial charge in [-0.2, -0.15) is 0 Å². The van der Waals surface area contributed by atoms with E-state index in [1.807, 2.05) is 0 Å². The van der Waals surface area contributed by atoms with E-state index in [2.05, 4.69) is 0 Å². The molecule has 0 bridgehead atoms. The quantitative estimate of drug-likeness (QED) is 0.591. The zero-order valence-corrected chi connectivity index (χ0v) is 8.43. The first-order chi connectivity index (χ1) is 3.80. The molecule has 46 valence electrons. The number of nitrogens with two attached hydrogens (primary N) is 1. The molecule has 0 aliphatic heterocycles. The van der Waals surface area contributed by atoms with E-state index in [1.165, 1.54) is 48.2 Å². The van der Waals surface area contributed by atoms with Crippen molar-refractivity contribution in [3.8, 4) is 0 Å². The maximum absolute atomic E-state index is 5.81. The number of hydrogen-bond acceptors (Lipinski definition) is 1. The molecule has 0 aromatic carbocycles. The summed E-state index contributed by atoms with van der Waals surface area (Å²) in [5.41, 5.74) is 5.81. The third-order valence-corrected chi connectivity index (χ3v) is 4.24.